The molecule has 0 heterocycles. The van der Waals surface area contributed by atoms with Crippen molar-refractivity contribution in [1.29, 1.82) is 0 Å². The molecule has 0 radical (unpaired) electrons. The number of hydrogen-bond acceptors (Lipinski definition) is 1. The van der Waals surface area contributed by atoms with Gasteiger partial charge in [0.2, 0.25) is 0 Å². The van der Waals surface area contributed by atoms with Crippen LogP contribution in [0.25, 0.3) is 0 Å². The molecule has 0 N–H and O–H groups in total. The highest BCUT2D eigenvalue weighted by Crippen LogP contribution is 2.44. The maximum atomic E-state index is 5.54. The lowest BCUT2D eigenvalue weighted by Crippen LogP contribution is -2.25. The summed E-state index contributed by atoms with van der Waals surface area (Å²) in [5, 5.41) is 0. The smallest absolute Gasteiger partial charge is 0.0721 e. The van der Waals surface area contributed by atoms with E-state index in [0.717, 1.165) is 23.7 Å². The zero-order valence-electron chi connectivity index (χ0n) is 17.2. The maximum Gasteiger partial charge on any atom is 0.0721 e. The molecule has 2 fully saturated rings. The summed E-state index contributed by atoms with van der Waals surface area (Å²) < 4.78 is 5.54. The van der Waals surface area contributed by atoms with E-state index < -0.39 is 0 Å². The van der Waals surface area contributed by atoms with Gasteiger partial charge in [-0.05, 0) is 99.5 Å². The number of ether oxygens (including phenoxy) is 1. The molecule has 1 nitrogen and oxygen atoms in total. The third-order valence-corrected chi connectivity index (χ3v) is 6.99. The van der Waals surface area contributed by atoms with E-state index in [9.17, 15) is 0 Å². The molecule has 0 saturated heterocycles. The van der Waals surface area contributed by atoms with Gasteiger partial charge >= 0.3 is 0 Å². The van der Waals surface area contributed by atoms with E-state index in [1.54, 1.807) is 0 Å². The van der Waals surface area contributed by atoms with E-state index in [2.05, 4.69) is 49.9 Å². The first-order valence-corrected chi connectivity index (χ1v) is 11.2. The van der Waals surface area contributed by atoms with Crippen LogP contribution in [0.2, 0.25) is 0 Å². The molecule has 1 aromatic carbocycles. The van der Waals surface area contributed by atoms with Gasteiger partial charge in [-0.15, -0.1) is 6.58 Å². The summed E-state index contributed by atoms with van der Waals surface area (Å²) in [4.78, 5) is 0. The summed E-state index contributed by atoms with van der Waals surface area (Å²) in [6.07, 6.45) is 19.2. The van der Waals surface area contributed by atoms with Gasteiger partial charge in [0.15, 0.2) is 0 Å². The molecule has 0 amide bonds. The Bertz CT molecular complexity index is 569. The molecule has 0 spiro atoms. The van der Waals surface area contributed by atoms with Gasteiger partial charge in [-0.25, -0.2) is 0 Å². The van der Waals surface area contributed by atoms with Crippen molar-refractivity contribution < 1.29 is 4.74 Å². The Labute approximate surface area is 166 Å². The molecule has 0 aromatic heterocycles. The Morgan fingerprint density at radius 3 is 2.15 bits per heavy atom. The van der Waals surface area contributed by atoms with Crippen LogP contribution in [-0.2, 0) is 11.3 Å². The number of rotatable bonds is 8. The molecule has 2 aliphatic rings. The largest absolute Gasteiger partial charge is 0.373 e. The lowest BCUT2D eigenvalue weighted by Gasteiger charge is -2.38. The van der Waals surface area contributed by atoms with Crippen molar-refractivity contribution in [2.45, 2.75) is 77.2 Å². The van der Waals surface area contributed by atoms with Gasteiger partial charge in [0, 0.05) is 0 Å². The maximum absolute atomic E-state index is 5.54. The Balaban J connectivity index is 1.42. The number of benzene rings is 1. The second-order valence-electron chi connectivity index (χ2n) is 8.74. The summed E-state index contributed by atoms with van der Waals surface area (Å²) in [5.41, 5.74) is 2.81. The van der Waals surface area contributed by atoms with Crippen molar-refractivity contribution in [3.05, 3.63) is 60.2 Å². The number of allylic oxidation sites excluding steroid dienone is 2. The predicted molar refractivity (Wildman–Crippen MR) is 116 cm³/mol. The standard InChI is InChI=1S/C26H38O/c1-3-5-6-21-7-11-23(12-8-21)25-15-17-26(18-16-25)24-13-9-22(10-14-24)20-27-19-4-2/h3-5,9-10,13-14,21,23,25-26H,2,6-8,11-12,15-20H2,1H3/t21-,23-,25-,26-. The first-order chi connectivity index (χ1) is 13.3. The van der Waals surface area contributed by atoms with Crippen LogP contribution in [0.15, 0.2) is 49.1 Å². The van der Waals surface area contributed by atoms with Gasteiger partial charge in [0.05, 0.1) is 13.2 Å². The average molecular weight is 367 g/mol. The molecule has 27 heavy (non-hydrogen) atoms. The van der Waals surface area contributed by atoms with Crippen LogP contribution in [0.1, 0.15) is 81.8 Å². The van der Waals surface area contributed by atoms with Crippen molar-refractivity contribution in [2.24, 2.45) is 17.8 Å². The highest BCUT2D eigenvalue weighted by atomic mass is 16.5. The molecular formula is C26H38O. The monoisotopic (exact) mass is 366 g/mol. The van der Waals surface area contributed by atoms with Gasteiger partial charge < -0.3 is 4.74 Å². The number of hydrogen-bond donors (Lipinski definition) is 0. The Morgan fingerprint density at radius 2 is 1.56 bits per heavy atom. The minimum atomic E-state index is 0.628. The van der Waals surface area contributed by atoms with Crippen LogP contribution in [-0.4, -0.2) is 6.61 Å². The molecule has 0 atom stereocenters. The molecule has 3 rings (SSSR count). The van der Waals surface area contributed by atoms with E-state index in [1.165, 1.54) is 68.9 Å². The summed E-state index contributed by atoms with van der Waals surface area (Å²) in [6.45, 7) is 7.16. The third kappa shape index (κ3) is 6.07. The molecule has 148 valence electrons. The van der Waals surface area contributed by atoms with Crippen molar-refractivity contribution in [3.8, 4) is 0 Å². The highest BCUT2D eigenvalue weighted by molar-refractivity contribution is 5.25. The second kappa shape index (κ2) is 10.9. The van der Waals surface area contributed by atoms with Crippen molar-refractivity contribution in [1.82, 2.24) is 0 Å². The van der Waals surface area contributed by atoms with Gasteiger partial charge in [-0.2, -0.15) is 0 Å². The fraction of sp³-hybridized carbons (Fsp3) is 0.615. The van der Waals surface area contributed by atoms with Crippen LogP contribution < -0.4 is 0 Å². The fourth-order valence-electron chi connectivity index (χ4n) is 5.29. The van der Waals surface area contributed by atoms with Crippen LogP contribution in [0, 0.1) is 17.8 Å². The Hall–Kier alpha value is -1.34. The van der Waals surface area contributed by atoms with E-state index in [-0.39, 0.29) is 0 Å². The average Bonchev–Trinajstić information content (AvgIpc) is 2.73. The van der Waals surface area contributed by atoms with Crippen LogP contribution in [0.3, 0.4) is 0 Å². The first-order valence-electron chi connectivity index (χ1n) is 11.2. The zero-order valence-corrected chi connectivity index (χ0v) is 17.2. The summed E-state index contributed by atoms with van der Waals surface area (Å²) in [6, 6.07) is 9.17. The van der Waals surface area contributed by atoms with E-state index in [1.807, 2.05) is 6.08 Å². The summed E-state index contributed by atoms with van der Waals surface area (Å²) in [5.74, 6) is 3.74. The van der Waals surface area contributed by atoms with E-state index >= 15 is 0 Å². The van der Waals surface area contributed by atoms with Gasteiger partial charge in [0.25, 0.3) is 0 Å². The molecule has 0 aliphatic heterocycles. The van der Waals surface area contributed by atoms with Gasteiger partial charge in [0.1, 0.15) is 0 Å². The Morgan fingerprint density at radius 1 is 0.926 bits per heavy atom. The molecule has 2 aliphatic carbocycles. The molecule has 1 aromatic rings. The lowest BCUT2D eigenvalue weighted by atomic mass is 9.68. The van der Waals surface area contributed by atoms with E-state index in [0.29, 0.717) is 13.2 Å². The molecular weight excluding hydrogens is 328 g/mol. The molecule has 0 bridgehead atoms. The predicted octanol–water partition coefficient (Wildman–Crippen LogP) is 7.44. The highest BCUT2D eigenvalue weighted by Gasteiger charge is 2.30. The van der Waals surface area contributed by atoms with Crippen molar-refractivity contribution >= 4 is 0 Å². The van der Waals surface area contributed by atoms with Gasteiger partial charge in [-0.3, -0.25) is 0 Å². The quantitative estimate of drug-likeness (QED) is 0.343. The summed E-state index contributed by atoms with van der Waals surface area (Å²) >= 11 is 0. The van der Waals surface area contributed by atoms with Gasteiger partial charge in [-0.1, -0.05) is 42.5 Å². The molecule has 2 saturated carbocycles. The van der Waals surface area contributed by atoms with Crippen LogP contribution >= 0.6 is 0 Å². The third-order valence-electron chi connectivity index (χ3n) is 6.99. The summed E-state index contributed by atoms with van der Waals surface area (Å²) in [7, 11) is 0. The fourth-order valence-corrected chi connectivity index (χ4v) is 5.29. The SMILES string of the molecule is C=CCOCc1ccc([C@H]2CC[C@H]([C@H]3CC[C@H](CC=CC)CC3)CC2)cc1. The van der Waals surface area contributed by atoms with Crippen molar-refractivity contribution in [2.75, 3.05) is 6.61 Å². The minimum absolute atomic E-state index is 0.628. The second-order valence-corrected chi connectivity index (χ2v) is 8.74. The van der Waals surface area contributed by atoms with Crippen molar-refractivity contribution in [3.63, 3.8) is 0 Å². The van der Waals surface area contributed by atoms with E-state index in [4.69, 9.17) is 4.74 Å². The van der Waals surface area contributed by atoms with Crippen LogP contribution in [0.5, 0.6) is 0 Å². The zero-order chi connectivity index (χ0) is 18.9. The van der Waals surface area contributed by atoms with Crippen LogP contribution in [0.4, 0.5) is 0 Å². The topological polar surface area (TPSA) is 9.23 Å². The Kier molecular flexibility index (Phi) is 8.20. The minimum Gasteiger partial charge on any atom is -0.373 e. The molecule has 0 unspecified atom stereocenters. The first kappa shape index (κ1) is 20.4. The normalized spacial score (nSPS) is 29.1. The lowest BCUT2D eigenvalue weighted by molar-refractivity contribution is 0.149. The molecule has 1 heteroatoms.